The van der Waals surface area contributed by atoms with Crippen molar-refractivity contribution in [2.45, 2.75) is 38.3 Å². The van der Waals surface area contributed by atoms with E-state index >= 15 is 0 Å². The van der Waals surface area contributed by atoms with Crippen molar-refractivity contribution in [2.24, 2.45) is 5.41 Å². The standard InChI is InChI=1S/C20H23F3N4O2/c21-20(22,23)12-14-1-2-16-15(11-14)17(25-13-24-16)26-7-3-19(4-8-26)5-9-27(10-6-19)18(28)29/h1-2,11,13H,3-10,12H2,(H,28,29). The summed E-state index contributed by atoms with van der Waals surface area (Å²) >= 11 is 0. The van der Waals surface area contributed by atoms with Gasteiger partial charge in [-0.2, -0.15) is 13.2 Å². The third-order valence-electron chi connectivity index (χ3n) is 6.30. The number of benzene rings is 1. The van der Waals surface area contributed by atoms with E-state index in [4.69, 9.17) is 5.11 Å². The topological polar surface area (TPSA) is 69.6 Å². The van der Waals surface area contributed by atoms with Crippen LogP contribution in [0.25, 0.3) is 10.9 Å². The number of alkyl halides is 3. The summed E-state index contributed by atoms with van der Waals surface area (Å²) in [5.41, 5.74) is 0.985. The van der Waals surface area contributed by atoms with E-state index in [2.05, 4.69) is 14.9 Å². The number of nitrogens with zero attached hydrogens (tertiary/aromatic N) is 4. The van der Waals surface area contributed by atoms with Crippen LogP contribution < -0.4 is 4.90 Å². The van der Waals surface area contributed by atoms with Gasteiger partial charge in [0.15, 0.2) is 0 Å². The number of amides is 1. The second-order valence-electron chi connectivity index (χ2n) is 8.10. The van der Waals surface area contributed by atoms with E-state index < -0.39 is 18.7 Å². The third-order valence-corrected chi connectivity index (χ3v) is 6.30. The number of carbonyl (C=O) groups is 1. The highest BCUT2D eigenvalue weighted by atomic mass is 19.4. The molecular formula is C20H23F3N4O2. The normalized spacial score (nSPS) is 19.7. The van der Waals surface area contributed by atoms with E-state index in [1.54, 1.807) is 12.1 Å². The van der Waals surface area contributed by atoms with E-state index in [1.165, 1.54) is 17.3 Å². The Balaban J connectivity index is 1.51. The molecule has 0 aliphatic carbocycles. The van der Waals surface area contributed by atoms with Crippen LogP contribution in [0.4, 0.5) is 23.8 Å². The van der Waals surface area contributed by atoms with Crippen LogP contribution in [0.2, 0.25) is 0 Å². The molecule has 2 aromatic rings. The molecule has 2 fully saturated rings. The molecule has 3 heterocycles. The van der Waals surface area contributed by atoms with Crippen LogP contribution in [0.15, 0.2) is 24.5 Å². The van der Waals surface area contributed by atoms with Crippen molar-refractivity contribution in [3.05, 3.63) is 30.1 Å². The maximum Gasteiger partial charge on any atom is 0.407 e. The maximum absolute atomic E-state index is 12.8. The molecule has 156 valence electrons. The molecular weight excluding hydrogens is 385 g/mol. The molecule has 1 aromatic carbocycles. The largest absolute Gasteiger partial charge is 0.465 e. The first kappa shape index (κ1) is 19.7. The monoisotopic (exact) mass is 408 g/mol. The van der Waals surface area contributed by atoms with E-state index in [0.29, 0.717) is 29.8 Å². The lowest BCUT2D eigenvalue weighted by molar-refractivity contribution is -0.127. The molecule has 1 spiro atoms. The van der Waals surface area contributed by atoms with Crippen molar-refractivity contribution in [1.29, 1.82) is 0 Å². The number of fused-ring (bicyclic) bond motifs is 1. The molecule has 2 aliphatic heterocycles. The van der Waals surface area contributed by atoms with Crippen molar-refractivity contribution < 1.29 is 23.1 Å². The van der Waals surface area contributed by atoms with Crippen molar-refractivity contribution in [2.75, 3.05) is 31.1 Å². The minimum absolute atomic E-state index is 0.146. The van der Waals surface area contributed by atoms with E-state index in [1.807, 2.05) is 0 Å². The molecule has 4 rings (SSSR count). The predicted molar refractivity (Wildman–Crippen MR) is 102 cm³/mol. The fourth-order valence-electron chi connectivity index (χ4n) is 4.55. The second-order valence-corrected chi connectivity index (χ2v) is 8.10. The SMILES string of the molecule is O=C(O)N1CCC2(CC1)CCN(c1ncnc3ccc(CC(F)(F)F)cc13)CC2. The van der Waals surface area contributed by atoms with Gasteiger partial charge in [-0.1, -0.05) is 6.07 Å². The van der Waals surface area contributed by atoms with Crippen LogP contribution in [-0.2, 0) is 6.42 Å². The molecule has 0 atom stereocenters. The minimum Gasteiger partial charge on any atom is -0.465 e. The molecule has 2 saturated heterocycles. The lowest BCUT2D eigenvalue weighted by Gasteiger charge is -2.46. The summed E-state index contributed by atoms with van der Waals surface area (Å²) in [6.07, 6.45) is -1.08. The van der Waals surface area contributed by atoms with Crippen molar-refractivity contribution in [1.82, 2.24) is 14.9 Å². The number of hydrogen-bond donors (Lipinski definition) is 1. The van der Waals surface area contributed by atoms with Crippen LogP contribution in [0.5, 0.6) is 0 Å². The average molecular weight is 408 g/mol. The fraction of sp³-hybridized carbons (Fsp3) is 0.550. The summed E-state index contributed by atoms with van der Waals surface area (Å²) in [4.78, 5) is 23.3. The summed E-state index contributed by atoms with van der Waals surface area (Å²) in [5.74, 6) is 0.678. The number of halogens is 3. The van der Waals surface area contributed by atoms with Crippen molar-refractivity contribution >= 4 is 22.8 Å². The Bertz CT molecular complexity index is 900. The number of likely N-dealkylation sites (tertiary alicyclic amines) is 1. The highest BCUT2D eigenvalue weighted by Crippen LogP contribution is 2.42. The van der Waals surface area contributed by atoms with Gasteiger partial charge in [0, 0.05) is 31.6 Å². The van der Waals surface area contributed by atoms with Crippen LogP contribution in [0.3, 0.4) is 0 Å². The van der Waals surface area contributed by atoms with E-state index in [0.717, 1.165) is 38.8 Å². The Morgan fingerprint density at radius 2 is 1.72 bits per heavy atom. The van der Waals surface area contributed by atoms with Gasteiger partial charge in [-0.05, 0) is 48.8 Å². The first-order valence-corrected chi connectivity index (χ1v) is 9.78. The molecule has 2 aliphatic rings. The van der Waals surface area contributed by atoms with Crippen LogP contribution >= 0.6 is 0 Å². The van der Waals surface area contributed by atoms with Gasteiger partial charge in [-0.15, -0.1) is 0 Å². The van der Waals surface area contributed by atoms with Gasteiger partial charge in [0.1, 0.15) is 12.1 Å². The smallest absolute Gasteiger partial charge is 0.407 e. The number of aromatic nitrogens is 2. The van der Waals surface area contributed by atoms with Gasteiger partial charge >= 0.3 is 12.3 Å². The maximum atomic E-state index is 12.8. The molecule has 9 heteroatoms. The number of anilines is 1. The zero-order valence-electron chi connectivity index (χ0n) is 16.0. The Kier molecular flexibility index (Phi) is 5.00. The highest BCUT2D eigenvalue weighted by molar-refractivity contribution is 5.89. The molecule has 1 N–H and O–H groups in total. The van der Waals surface area contributed by atoms with Crippen molar-refractivity contribution in [3.8, 4) is 0 Å². The number of piperidine rings is 2. The highest BCUT2D eigenvalue weighted by Gasteiger charge is 2.39. The van der Waals surface area contributed by atoms with E-state index in [-0.39, 0.29) is 11.0 Å². The predicted octanol–water partition coefficient (Wildman–Crippen LogP) is 4.10. The molecule has 0 unspecified atom stereocenters. The fourth-order valence-corrected chi connectivity index (χ4v) is 4.55. The zero-order valence-corrected chi connectivity index (χ0v) is 16.0. The molecule has 1 amide bonds. The van der Waals surface area contributed by atoms with Gasteiger partial charge in [0.05, 0.1) is 11.9 Å². The number of rotatable bonds is 2. The van der Waals surface area contributed by atoms with Crippen LogP contribution in [0, 0.1) is 5.41 Å². The summed E-state index contributed by atoms with van der Waals surface area (Å²) in [7, 11) is 0. The van der Waals surface area contributed by atoms with Gasteiger partial charge in [0.2, 0.25) is 0 Å². The molecule has 1 aromatic heterocycles. The summed E-state index contributed by atoms with van der Waals surface area (Å²) in [6.45, 7) is 2.63. The molecule has 0 radical (unpaired) electrons. The first-order valence-electron chi connectivity index (χ1n) is 9.78. The Morgan fingerprint density at radius 3 is 2.34 bits per heavy atom. The summed E-state index contributed by atoms with van der Waals surface area (Å²) in [5, 5.41) is 9.79. The van der Waals surface area contributed by atoms with Gasteiger partial charge in [-0.25, -0.2) is 14.8 Å². The Morgan fingerprint density at radius 1 is 1.07 bits per heavy atom. The quantitative estimate of drug-likeness (QED) is 0.811. The van der Waals surface area contributed by atoms with Gasteiger partial charge < -0.3 is 14.9 Å². The summed E-state index contributed by atoms with van der Waals surface area (Å²) in [6, 6.07) is 4.64. The van der Waals surface area contributed by atoms with Crippen LogP contribution in [0.1, 0.15) is 31.2 Å². The summed E-state index contributed by atoms with van der Waals surface area (Å²) < 4.78 is 38.4. The molecule has 0 saturated carbocycles. The van der Waals surface area contributed by atoms with Gasteiger partial charge in [0.25, 0.3) is 0 Å². The number of hydrogen-bond acceptors (Lipinski definition) is 4. The Hall–Kier alpha value is -2.58. The Labute approximate surface area is 166 Å². The first-order chi connectivity index (χ1) is 13.7. The molecule has 0 bridgehead atoms. The zero-order chi connectivity index (χ0) is 20.6. The van der Waals surface area contributed by atoms with Crippen LogP contribution in [-0.4, -0.2) is 58.4 Å². The lowest BCUT2D eigenvalue weighted by atomic mass is 9.71. The third kappa shape index (κ3) is 4.23. The second kappa shape index (κ2) is 7.35. The number of carboxylic acid groups (broad SMARTS) is 1. The average Bonchev–Trinajstić information content (AvgIpc) is 2.67. The molecule has 6 nitrogen and oxygen atoms in total. The van der Waals surface area contributed by atoms with Crippen molar-refractivity contribution in [3.63, 3.8) is 0 Å². The van der Waals surface area contributed by atoms with E-state index in [9.17, 15) is 18.0 Å². The minimum atomic E-state index is -4.26. The molecule has 29 heavy (non-hydrogen) atoms. The lowest BCUT2D eigenvalue weighted by Crippen LogP contribution is -2.48. The van der Waals surface area contributed by atoms with Gasteiger partial charge in [-0.3, -0.25) is 0 Å².